The van der Waals surface area contributed by atoms with Crippen molar-refractivity contribution in [3.8, 4) is 5.75 Å². The molecule has 4 rings (SSSR count). The van der Waals surface area contributed by atoms with Gasteiger partial charge in [-0.05, 0) is 58.6 Å². The van der Waals surface area contributed by atoms with Gasteiger partial charge in [0.15, 0.2) is 11.4 Å². The Morgan fingerprint density at radius 1 is 1.10 bits per heavy atom. The van der Waals surface area contributed by atoms with E-state index in [9.17, 15) is 39.6 Å². The standard InChI is InChI=1S/C28H37N5O8/c1-31(2)11-17(34)30-10-13-9-16(32(3)4)14-7-12-8-15-21(33(5)6)24(37)20(27(29)40)26(39)28(15,41)25(38)18(12)23(36)19(14)22(13)35/h9,12,15,21,35-36,39,41H,7-8,10-11H2,1-6H3,(H2,29,40)(H,30,34)/t12-,15+,21?,28+/m0/s1. The monoisotopic (exact) mass is 571 g/mol. The molecule has 222 valence electrons. The van der Waals surface area contributed by atoms with Gasteiger partial charge in [-0.15, -0.1) is 0 Å². The van der Waals surface area contributed by atoms with Gasteiger partial charge in [-0.2, -0.15) is 0 Å². The first-order valence-electron chi connectivity index (χ1n) is 13.1. The minimum atomic E-state index is -2.71. The molecular weight excluding hydrogens is 534 g/mol. The van der Waals surface area contributed by atoms with Crippen molar-refractivity contribution in [2.24, 2.45) is 17.6 Å². The molecule has 0 spiro atoms. The number of aliphatic hydroxyl groups excluding tert-OH is 2. The second-order valence-electron chi connectivity index (χ2n) is 11.6. The van der Waals surface area contributed by atoms with Crippen LogP contribution < -0.4 is 16.0 Å². The molecule has 0 bridgehead atoms. The van der Waals surface area contributed by atoms with E-state index in [4.69, 9.17) is 5.73 Å². The molecule has 7 N–H and O–H groups in total. The number of anilines is 1. The van der Waals surface area contributed by atoms with E-state index in [2.05, 4.69) is 5.32 Å². The van der Waals surface area contributed by atoms with Gasteiger partial charge in [0.1, 0.15) is 22.8 Å². The van der Waals surface area contributed by atoms with E-state index in [1.807, 2.05) is 0 Å². The number of Topliss-reactive ketones (excluding diaryl/α,β-unsaturated/α-hetero) is 2. The number of benzene rings is 1. The van der Waals surface area contributed by atoms with Gasteiger partial charge in [-0.25, -0.2) is 0 Å². The van der Waals surface area contributed by atoms with E-state index in [0.717, 1.165) is 0 Å². The molecule has 1 aromatic carbocycles. The van der Waals surface area contributed by atoms with Gasteiger partial charge in [0.25, 0.3) is 5.91 Å². The summed E-state index contributed by atoms with van der Waals surface area (Å²) >= 11 is 0. The van der Waals surface area contributed by atoms with Crippen molar-refractivity contribution in [1.29, 1.82) is 0 Å². The number of hydrogen-bond donors (Lipinski definition) is 6. The summed E-state index contributed by atoms with van der Waals surface area (Å²) in [7, 11) is 10.1. The number of primary amides is 1. The Kier molecular flexibility index (Phi) is 7.67. The topological polar surface area (TPSA) is 197 Å². The summed E-state index contributed by atoms with van der Waals surface area (Å²) in [6.45, 7) is 0.0645. The lowest BCUT2D eigenvalue weighted by Crippen LogP contribution is -2.65. The highest BCUT2D eigenvalue weighted by Crippen LogP contribution is 2.54. The third-order valence-corrected chi connectivity index (χ3v) is 8.19. The first-order valence-corrected chi connectivity index (χ1v) is 13.1. The normalized spacial score (nSPS) is 25.7. The Balaban J connectivity index is 1.90. The minimum absolute atomic E-state index is 0.00172. The van der Waals surface area contributed by atoms with Crippen LogP contribution in [0.15, 0.2) is 23.0 Å². The number of carbonyl (C=O) groups is 4. The van der Waals surface area contributed by atoms with Gasteiger partial charge >= 0.3 is 0 Å². The molecule has 13 heteroatoms. The number of nitrogens with one attached hydrogen (secondary N) is 1. The Morgan fingerprint density at radius 2 is 1.73 bits per heavy atom. The Morgan fingerprint density at radius 3 is 2.27 bits per heavy atom. The molecule has 1 saturated carbocycles. The fraction of sp³-hybridized carbons (Fsp3) is 0.500. The quantitative estimate of drug-likeness (QED) is 0.224. The highest BCUT2D eigenvalue weighted by atomic mass is 16.3. The predicted octanol–water partition coefficient (Wildman–Crippen LogP) is -0.792. The van der Waals surface area contributed by atoms with Crippen molar-refractivity contribution in [1.82, 2.24) is 15.1 Å². The van der Waals surface area contributed by atoms with Crippen molar-refractivity contribution in [2.75, 3.05) is 53.7 Å². The van der Waals surface area contributed by atoms with Gasteiger partial charge in [0.2, 0.25) is 11.7 Å². The smallest absolute Gasteiger partial charge is 0.255 e. The average Bonchev–Trinajstić information content (AvgIpc) is 2.84. The molecule has 0 heterocycles. The summed E-state index contributed by atoms with van der Waals surface area (Å²) in [5, 5.41) is 48.3. The van der Waals surface area contributed by atoms with E-state index in [1.54, 1.807) is 58.2 Å². The van der Waals surface area contributed by atoms with Crippen molar-refractivity contribution >= 4 is 34.8 Å². The third-order valence-electron chi connectivity index (χ3n) is 8.19. The zero-order valence-electron chi connectivity index (χ0n) is 24.0. The van der Waals surface area contributed by atoms with Crippen LogP contribution in [0.1, 0.15) is 23.1 Å². The lowest BCUT2D eigenvalue weighted by molar-refractivity contribution is -0.153. The van der Waals surface area contributed by atoms with Crippen molar-refractivity contribution in [2.45, 2.75) is 31.0 Å². The lowest BCUT2D eigenvalue weighted by atomic mass is 9.57. The van der Waals surface area contributed by atoms with Crippen molar-refractivity contribution in [3.63, 3.8) is 0 Å². The molecule has 0 radical (unpaired) electrons. The molecule has 4 atom stereocenters. The van der Waals surface area contributed by atoms with Crippen LogP contribution in [0.3, 0.4) is 0 Å². The first kappa shape index (κ1) is 30.0. The molecule has 2 amide bonds. The lowest BCUT2D eigenvalue weighted by Gasteiger charge is -2.50. The average molecular weight is 572 g/mol. The number of carbonyl (C=O) groups excluding carboxylic acids is 4. The summed E-state index contributed by atoms with van der Waals surface area (Å²) in [5.41, 5.74) is 3.01. The van der Waals surface area contributed by atoms with Gasteiger partial charge in [-0.1, -0.05) is 0 Å². The molecule has 3 aliphatic rings. The highest BCUT2D eigenvalue weighted by molar-refractivity contribution is 6.24. The van der Waals surface area contributed by atoms with Crippen LogP contribution in [-0.4, -0.2) is 114 Å². The maximum absolute atomic E-state index is 14.0. The number of nitrogens with zero attached hydrogens (tertiary/aromatic N) is 3. The summed E-state index contributed by atoms with van der Waals surface area (Å²) in [5.74, 6) is -7.34. The molecule has 1 fully saturated rings. The van der Waals surface area contributed by atoms with Crippen LogP contribution in [0.5, 0.6) is 5.75 Å². The van der Waals surface area contributed by atoms with E-state index < -0.39 is 58.0 Å². The Hall–Kier alpha value is -3.94. The first-order chi connectivity index (χ1) is 19.0. The van der Waals surface area contributed by atoms with Gasteiger partial charge < -0.3 is 41.3 Å². The van der Waals surface area contributed by atoms with Crippen molar-refractivity contribution < 1.29 is 39.6 Å². The van der Waals surface area contributed by atoms with E-state index in [0.29, 0.717) is 16.8 Å². The number of rotatable bonds is 7. The molecule has 3 aliphatic carbocycles. The number of fused-ring (bicyclic) bond motifs is 3. The largest absolute Gasteiger partial charge is 0.508 e. The molecule has 0 aromatic heterocycles. The van der Waals surface area contributed by atoms with Crippen LogP contribution in [0.25, 0.3) is 5.76 Å². The number of phenols is 1. The summed E-state index contributed by atoms with van der Waals surface area (Å²) in [6.07, 6.45) is 0.171. The van der Waals surface area contributed by atoms with Gasteiger partial charge in [0, 0.05) is 43.4 Å². The second-order valence-corrected chi connectivity index (χ2v) is 11.6. The molecular formula is C28H37N5O8. The number of likely N-dealkylation sites (N-methyl/N-ethyl adjacent to an activating group) is 2. The maximum atomic E-state index is 14.0. The number of amides is 2. The van der Waals surface area contributed by atoms with Crippen LogP contribution in [0, 0.1) is 11.8 Å². The van der Waals surface area contributed by atoms with Crippen LogP contribution in [0.2, 0.25) is 0 Å². The van der Waals surface area contributed by atoms with Crippen LogP contribution in [0.4, 0.5) is 5.69 Å². The SMILES string of the molecule is CN(C)CC(=O)NCc1cc(N(C)C)c2c(c1O)C(O)=C1C(=O)[C@@]3(O)C(O)=C(C(N)=O)C(=O)C(N(C)C)[C@H]3C[C@@H]1C2. The predicted molar refractivity (Wildman–Crippen MR) is 149 cm³/mol. The van der Waals surface area contributed by atoms with Crippen molar-refractivity contribution in [3.05, 3.63) is 39.7 Å². The molecule has 13 nitrogen and oxygen atoms in total. The maximum Gasteiger partial charge on any atom is 0.255 e. The highest BCUT2D eigenvalue weighted by Gasteiger charge is 2.64. The zero-order chi connectivity index (χ0) is 30.7. The van der Waals surface area contributed by atoms with E-state index >= 15 is 0 Å². The number of aliphatic hydroxyl groups is 3. The Labute approximate surface area is 237 Å². The summed E-state index contributed by atoms with van der Waals surface area (Å²) < 4.78 is 0. The number of nitrogens with two attached hydrogens (primary N) is 1. The second kappa shape index (κ2) is 10.5. The number of phenolic OH excluding ortho intramolecular Hbond substituents is 1. The molecule has 0 aliphatic heterocycles. The van der Waals surface area contributed by atoms with E-state index in [-0.39, 0.29) is 48.7 Å². The molecule has 1 aromatic rings. The number of ketones is 2. The van der Waals surface area contributed by atoms with Crippen LogP contribution in [-0.2, 0) is 32.1 Å². The third kappa shape index (κ3) is 4.63. The molecule has 0 saturated heterocycles. The molecule has 41 heavy (non-hydrogen) atoms. The zero-order valence-corrected chi connectivity index (χ0v) is 24.0. The summed E-state index contributed by atoms with van der Waals surface area (Å²) in [4.78, 5) is 56.6. The van der Waals surface area contributed by atoms with E-state index in [1.165, 1.54) is 4.90 Å². The Bertz CT molecular complexity index is 1410. The van der Waals surface area contributed by atoms with Gasteiger partial charge in [0.05, 0.1) is 18.2 Å². The summed E-state index contributed by atoms with van der Waals surface area (Å²) in [6, 6.07) is 0.548. The fourth-order valence-electron chi connectivity index (χ4n) is 6.42. The minimum Gasteiger partial charge on any atom is -0.508 e. The number of hydrogen-bond acceptors (Lipinski definition) is 11. The molecule has 1 unspecified atom stereocenters. The van der Waals surface area contributed by atoms with Gasteiger partial charge in [-0.3, -0.25) is 24.1 Å². The fourth-order valence-corrected chi connectivity index (χ4v) is 6.42. The van der Waals surface area contributed by atoms with Crippen LogP contribution >= 0.6 is 0 Å². The number of aromatic hydroxyl groups is 1.